The molecule has 0 fully saturated rings. The Labute approximate surface area is 122 Å². The van der Waals surface area contributed by atoms with Gasteiger partial charge in [-0.15, -0.1) is 11.3 Å². The second-order valence-electron chi connectivity index (χ2n) is 4.10. The molecule has 1 aromatic heterocycles. The molecule has 106 valence electrons. The summed E-state index contributed by atoms with van der Waals surface area (Å²) in [5.41, 5.74) is 5.76. The highest BCUT2D eigenvalue weighted by Crippen LogP contribution is 2.20. The fourth-order valence-electron chi connectivity index (χ4n) is 1.51. The summed E-state index contributed by atoms with van der Waals surface area (Å²) < 4.78 is 25.8. The molecule has 7 heteroatoms. The predicted octanol–water partition coefficient (Wildman–Crippen LogP) is 2.60. The molecular formula is C13H13FN2O2S2. The lowest BCUT2D eigenvalue weighted by atomic mass is 10.2. The van der Waals surface area contributed by atoms with Gasteiger partial charge in [0.05, 0.1) is 20.7 Å². The van der Waals surface area contributed by atoms with Gasteiger partial charge in [-0.2, -0.15) is 0 Å². The molecule has 3 N–H and O–H groups in total. The molecule has 1 aromatic carbocycles. The Morgan fingerprint density at radius 3 is 2.80 bits per heavy atom. The molecule has 4 nitrogen and oxygen atoms in total. The van der Waals surface area contributed by atoms with Crippen LogP contribution in [0.3, 0.4) is 0 Å². The van der Waals surface area contributed by atoms with Crippen molar-refractivity contribution in [3.63, 3.8) is 0 Å². The van der Waals surface area contributed by atoms with Gasteiger partial charge in [-0.3, -0.25) is 9.00 Å². The van der Waals surface area contributed by atoms with Gasteiger partial charge in [0, 0.05) is 5.69 Å². The molecule has 0 radical (unpaired) electrons. The van der Waals surface area contributed by atoms with E-state index >= 15 is 0 Å². The zero-order chi connectivity index (χ0) is 14.7. The van der Waals surface area contributed by atoms with Gasteiger partial charge in [-0.05, 0) is 36.6 Å². The topological polar surface area (TPSA) is 72.2 Å². The SMILES string of the molecule is CC(C(=O)Nc1ccc(F)c(N)c1)S(=O)c1cccs1. The van der Waals surface area contributed by atoms with Crippen LogP contribution in [0.25, 0.3) is 0 Å². The summed E-state index contributed by atoms with van der Waals surface area (Å²) >= 11 is 1.34. The van der Waals surface area contributed by atoms with E-state index in [2.05, 4.69) is 5.32 Å². The fraction of sp³-hybridized carbons (Fsp3) is 0.154. The summed E-state index contributed by atoms with van der Waals surface area (Å²) in [6.07, 6.45) is 0. The number of hydrogen-bond donors (Lipinski definition) is 2. The maximum atomic E-state index is 13.0. The van der Waals surface area contributed by atoms with Crippen LogP contribution in [-0.2, 0) is 15.6 Å². The summed E-state index contributed by atoms with van der Waals surface area (Å²) in [4.78, 5) is 12.0. The highest BCUT2D eigenvalue weighted by Gasteiger charge is 2.22. The Kier molecular flexibility index (Phi) is 4.51. The van der Waals surface area contributed by atoms with Crippen LogP contribution in [0.5, 0.6) is 0 Å². The zero-order valence-electron chi connectivity index (χ0n) is 10.6. The van der Waals surface area contributed by atoms with Crippen LogP contribution in [0.4, 0.5) is 15.8 Å². The number of rotatable bonds is 4. The fourth-order valence-corrected chi connectivity index (χ4v) is 3.76. The van der Waals surface area contributed by atoms with Crippen LogP contribution in [0.1, 0.15) is 6.92 Å². The average Bonchev–Trinajstić information content (AvgIpc) is 2.95. The number of carbonyl (C=O) groups is 1. The third kappa shape index (κ3) is 3.23. The van der Waals surface area contributed by atoms with Gasteiger partial charge >= 0.3 is 0 Å². The largest absolute Gasteiger partial charge is 0.396 e. The third-order valence-electron chi connectivity index (χ3n) is 2.65. The van der Waals surface area contributed by atoms with Crippen molar-refractivity contribution in [3.05, 3.63) is 41.5 Å². The Morgan fingerprint density at radius 2 is 2.20 bits per heavy atom. The molecular weight excluding hydrogens is 299 g/mol. The molecule has 0 saturated carbocycles. The highest BCUT2D eigenvalue weighted by atomic mass is 32.2. The number of amides is 1. The lowest BCUT2D eigenvalue weighted by molar-refractivity contribution is -0.115. The van der Waals surface area contributed by atoms with E-state index in [1.54, 1.807) is 24.4 Å². The molecule has 2 aromatic rings. The Morgan fingerprint density at radius 1 is 1.45 bits per heavy atom. The van der Waals surface area contributed by atoms with Crippen molar-refractivity contribution in [3.8, 4) is 0 Å². The van der Waals surface area contributed by atoms with Crippen molar-refractivity contribution >= 4 is 39.4 Å². The van der Waals surface area contributed by atoms with Crippen LogP contribution in [0.15, 0.2) is 39.9 Å². The van der Waals surface area contributed by atoms with E-state index in [0.29, 0.717) is 9.90 Å². The molecule has 0 saturated heterocycles. The first kappa shape index (κ1) is 14.7. The number of thiophene rings is 1. The maximum Gasteiger partial charge on any atom is 0.240 e. The molecule has 0 bridgehead atoms. The van der Waals surface area contributed by atoms with E-state index in [9.17, 15) is 13.4 Å². The molecule has 20 heavy (non-hydrogen) atoms. The van der Waals surface area contributed by atoms with E-state index in [-0.39, 0.29) is 5.69 Å². The summed E-state index contributed by atoms with van der Waals surface area (Å²) in [5.74, 6) is -0.944. The number of benzene rings is 1. The van der Waals surface area contributed by atoms with E-state index in [4.69, 9.17) is 5.73 Å². The minimum atomic E-state index is -1.41. The van der Waals surface area contributed by atoms with Crippen LogP contribution >= 0.6 is 11.3 Å². The van der Waals surface area contributed by atoms with Crippen molar-refractivity contribution < 1.29 is 13.4 Å². The molecule has 2 rings (SSSR count). The van der Waals surface area contributed by atoms with Gasteiger partial charge in [0.15, 0.2) is 0 Å². The minimum absolute atomic E-state index is 0.0465. The van der Waals surface area contributed by atoms with Crippen molar-refractivity contribution in [2.75, 3.05) is 11.1 Å². The summed E-state index contributed by atoms with van der Waals surface area (Å²) in [6, 6.07) is 7.41. The second-order valence-corrected chi connectivity index (χ2v) is 7.05. The zero-order valence-corrected chi connectivity index (χ0v) is 12.3. The van der Waals surface area contributed by atoms with E-state index in [1.165, 1.54) is 29.5 Å². The van der Waals surface area contributed by atoms with Gasteiger partial charge in [0.2, 0.25) is 5.91 Å². The lowest BCUT2D eigenvalue weighted by Crippen LogP contribution is -2.28. The van der Waals surface area contributed by atoms with Gasteiger partial charge in [-0.25, -0.2) is 4.39 Å². The number of nitrogens with one attached hydrogen (secondary N) is 1. The number of nitrogens with two attached hydrogens (primary N) is 1. The molecule has 0 aliphatic rings. The number of halogens is 1. The van der Waals surface area contributed by atoms with Crippen LogP contribution in [-0.4, -0.2) is 15.4 Å². The van der Waals surface area contributed by atoms with Crippen molar-refractivity contribution in [2.24, 2.45) is 0 Å². The minimum Gasteiger partial charge on any atom is -0.396 e. The van der Waals surface area contributed by atoms with Gasteiger partial charge in [0.1, 0.15) is 11.1 Å². The number of nitrogen functional groups attached to an aromatic ring is 1. The van der Waals surface area contributed by atoms with Crippen molar-refractivity contribution in [1.29, 1.82) is 0 Å². The molecule has 2 atom stereocenters. The van der Waals surface area contributed by atoms with Gasteiger partial charge < -0.3 is 11.1 Å². The number of anilines is 2. The quantitative estimate of drug-likeness (QED) is 0.852. The first-order valence-corrected chi connectivity index (χ1v) is 7.88. The molecule has 0 spiro atoms. The van der Waals surface area contributed by atoms with E-state index < -0.39 is 27.8 Å². The second kappa shape index (κ2) is 6.15. The highest BCUT2D eigenvalue weighted by molar-refractivity contribution is 7.88. The Bertz CT molecular complexity index is 644. The van der Waals surface area contributed by atoms with Crippen LogP contribution in [0, 0.1) is 5.82 Å². The Balaban J connectivity index is 2.07. The average molecular weight is 312 g/mol. The summed E-state index contributed by atoms with van der Waals surface area (Å²) in [7, 11) is -1.41. The van der Waals surface area contributed by atoms with E-state index in [1.807, 2.05) is 0 Å². The van der Waals surface area contributed by atoms with Crippen molar-refractivity contribution in [1.82, 2.24) is 0 Å². The summed E-state index contributed by atoms with van der Waals surface area (Å²) in [6.45, 7) is 1.58. The van der Waals surface area contributed by atoms with Gasteiger partial charge in [0.25, 0.3) is 0 Å². The number of hydrogen-bond acceptors (Lipinski definition) is 4. The van der Waals surface area contributed by atoms with Crippen LogP contribution < -0.4 is 11.1 Å². The molecule has 0 aliphatic heterocycles. The standard InChI is InChI=1S/C13H13FN2O2S2/c1-8(20(18)12-3-2-6-19-12)13(17)16-9-4-5-10(14)11(15)7-9/h2-8H,15H2,1H3,(H,16,17). The molecule has 0 aliphatic carbocycles. The normalized spacial score (nSPS) is 13.7. The number of carbonyl (C=O) groups excluding carboxylic acids is 1. The van der Waals surface area contributed by atoms with Crippen molar-refractivity contribution in [2.45, 2.75) is 16.4 Å². The maximum absolute atomic E-state index is 13.0. The first-order chi connectivity index (χ1) is 9.49. The first-order valence-electron chi connectivity index (χ1n) is 5.79. The Hall–Kier alpha value is -1.73. The summed E-state index contributed by atoms with van der Waals surface area (Å²) in [5, 5.41) is 3.67. The monoisotopic (exact) mass is 312 g/mol. The molecule has 1 amide bonds. The van der Waals surface area contributed by atoms with E-state index in [0.717, 1.165) is 0 Å². The smallest absolute Gasteiger partial charge is 0.240 e. The molecule has 1 heterocycles. The van der Waals surface area contributed by atoms with Crippen LogP contribution in [0.2, 0.25) is 0 Å². The third-order valence-corrected chi connectivity index (χ3v) is 5.48. The molecule has 2 unspecified atom stereocenters. The lowest BCUT2D eigenvalue weighted by Gasteiger charge is -2.11. The van der Waals surface area contributed by atoms with Gasteiger partial charge in [-0.1, -0.05) is 6.07 Å². The predicted molar refractivity (Wildman–Crippen MR) is 79.6 cm³/mol.